The molecule has 0 saturated heterocycles. The summed E-state index contributed by atoms with van der Waals surface area (Å²) < 4.78 is 18.6. The largest absolute Gasteiger partial charge is 0.436 e. The number of anilines is 1. The van der Waals surface area contributed by atoms with Gasteiger partial charge in [-0.2, -0.15) is 0 Å². The molecule has 0 fully saturated rings. The average molecular weight is 368 g/mol. The molecule has 1 amide bonds. The molecule has 2 heterocycles. The number of benzene rings is 2. The molecule has 0 bridgehead atoms. The molecule has 0 radical (unpaired) electrons. The molecular formula is C19H11ClFN3O2. The molecule has 0 saturated carbocycles. The first kappa shape index (κ1) is 16.2. The Labute approximate surface area is 152 Å². The van der Waals surface area contributed by atoms with E-state index in [1.807, 2.05) is 0 Å². The van der Waals surface area contributed by atoms with Gasteiger partial charge in [0.05, 0.1) is 0 Å². The van der Waals surface area contributed by atoms with Gasteiger partial charge in [-0.15, -0.1) is 0 Å². The highest BCUT2D eigenvalue weighted by molar-refractivity contribution is 6.29. The van der Waals surface area contributed by atoms with E-state index < -0.39 is 0 Å². The van der Waals surface area contributed by atoms with Crippen molar-refractivity contribution in [1.29, 1.82) is 0 Å². The predicted octanol–water partition coefficient (Wildman–Crippen LogP) is 4.93. The first-order valence-corrected chi connectivity index (χ1v) is 8.06. The summed E-state index contributed by atoms with van der Waals surface area (Å²) in [5, 5.41) is 3.04. The van der Waals surface area contributed by atoms with Crippen LogP contribution in [0.1, 0.15) is 10.4 Å². The van der Waals surface area contributed by atoms with Crippen LogP contribution < -0.4 is 5.32 Å². The molecule has 5 nitrogen and oxygen atoms in total. The van der Waals surface area contributed by atoms with Crippen molar-refractivity contribution >= 4 is 34.3 Å². The number of aromatic nitrogens is 2. The van der Waals surface area contributed by atoms with Gasteiger partial charge in [0.25, 0.3) is 5.91 Å². The minimum Gasteiger partial charge on any atom is -0.436 e. The lowest BCUT2D eigenvalue weighted by molar-refractivity contribution is 0.102. The van der Waals surface area contributed by atoms with Crippen molar-refractivity contribution < 1.29 is 13.6 Å². The summed E-state index contributed by atoms with van der Waals surface area (Å²) in [6.45, 7) is 0. The number of hydrogen-bond acceptors (Lipinski definition) is 4. The number of rotatable bonds is 3. The van der Waals surface area contributed by atoms with E-state index in [2.05, 4.69) is 15.3 Å². The smallest absolute Gasteiger partial charge is 0.255 e. The molecule has 128 valence electrons. The van der Waals surface area contributed by atoms with Gasteiger partial charge < -0.3 is 9.73 Å². The Balaban J connectivity index is 1.63. The summed E-state index contributed by atoms with van der Waals surface area (Å²) in [7, 11) is 0. The fourth-order valence-electron chi connectivity index (χ4n) is 2.46. The average Bonchev–Trinajstić information content (AvgIpc) is 3.07. The Morgan fingerprint density at radius 1 is 1.08 bits per heavy atom. The molecule has 0 aliphatic heterocycles. The maximum Gasteiger partial charge on any atom is 0.255 e. The van der Waals surface area contributed by atoms with E-state index in [0.717, 1.165) is 0 Å². The third-order valence-corrected chi connectivity index (χ3v) is 3.93. The molecule has 7 heteroatoms. The molecule has 0 aliphatic rings. The monoisotopic (exact) mass is 367 g/mol. The number of hydrogen-bond donors (Lipinski definition) is 1. The number of amides is 1. The number of nitrogens with zero attached hydrogens (tertiary/aromatic N) is 2. The van der Waals surface area contributed by atoms with Crippen LogP contribution in [0.3, 0.4) is 0 Å². The maximum atomic E-state index is 12.9. The standard InChI is InChI=1S/C19H11ClFN3O2/c20-17-10-12(7-8-22-17)19-24-15-9-11(1-6-16(15)26-19)18(25)23-14-4-2-13(21)3-5-14/h1-10H,(H,23,25). The molecular weight excluding hydrogens is 357 g/mol. The lowest BCUT2D eigenvalue weighted by Crippen LogP contribution is -2.11. The second kappa shape index (κ2) is 6.57. The van der Waals surface area contributed by atoms with Crippen molar-refractivity contribution in [2.24, 2.45) is 0 Å². The van der Waals surface area contributed by atoms with Crippen molar-refractivity contribution in [3.63, 3.8) is 0 Å². The highest BCUT2D eigenvalue weighted by atomic mass is 35.5. The Morgan fingerprint density at radius 3 is 2.65 bits per heavy atom. The number of fused-ring (bicyclic) bond motifs is 1. The van der Waals surface area contributed by atoms with E-state index in [1.165, 1.54) is 24.3 Å². The normalized spacial score (nSPS) is 10.8. The Kier molecular flexibility index (Phi) is 4.10. The van der Waals surface area contributed by atoms with Crippen molar-refractivity contribution in [1.82, 2.24) is 9.97 Å². The van der Waals surface area contributed by atoms with Crippen LogP contribution in [-0.4, -0.2) is 15.9 Å². The first-order chi connectivity index (χ1) is 12.6. The van der Waals surface area contributed by atoms with Crippen LogP contribution in [0.15, 0.2) is 65.2 Å². The molecule has 1 N–H and O–H groups in total. The number of nitrogens with one attached hydrogen (secondary N) is 1. The van der Waals surface area contributed by atoms with Crippen molar-refractivity contribution in [3.8, 4) is 11.5 Å². The van der Waals surface area contributed by atoms with E-state index in [4.69, 9.17) is 16.0 Å². The Bertz CT molecular complexity index is 1110. The lowest BCUT2D eigenvalue weighted by Gasteiger charge is -2.04. The summed E-state index contributed by atoms with van der Waals surface area (Å²) in [5.74, 6) is -0.300. The van der Waals surface area contributed by atoms with E-state index in [9.17, 15) is 9.18 Å². The SMILES string of the molecule is O=C(Nc1ccc(F)cc1)c1ccc2oc(-c3ccnc(Cl)c3)nc2c1. The van der Waals surface area contributed by atoms with Crippen LogP contribution in [0, 0.1) is 5.82 Å². The van der Waals surface area contributed by atoms with E-state index in [-0.39, 0.29) is 11.7 Å². The van der Waals surface area contributed by atoms with Crippen molar-refractivity contribution in [3.05, 3.63) is 77.3 Å². The quantitative estimate of drug-likeness (QED) is 0.521. The summed E-state index contributed by atoms with van der Waals surface area (Å²) in [4.78, 5) is 20.7. The van der Waals surface area contributed by atoms with Gasteiger partial charge in [-0.1, -0.05) is 11.6 Å². The van der Waals surface area contributed by atoms with Crippen LogP contribution >= 0.6 is 11.6 Å². The molecule has 0 atom stereocenters. The molecule has 0 unspecified atom stereocenters. The minimum absolute atomic E-state index is 0.324. The highest BCUT2D eigenvalue weighted by Gasteiger charge is 2.12. The van der Waals surface area contributed by atoms with Gasteiger partial charge in [-0.05, 0) is 54.6 Å². The van der Waals surface area contributed by atoms with E-state index >= 15 is 0 Å². The zero-order valence-electron chi connectivity index (χ0n) is 13.2. The summed E-state index contributed by atoms with van der Waals surface area (Å²) in [6.07, 6.45) is 1.56. The second-order valence-corrected chi connectivity index (χ2v) is 5.92. The minimum atomic E-state index is -0.365. The number of carbonyl (C=O) groups excluding carboxylic acids is 1. The fourth-order valence-corrected chi connectivity index (χ4v) is 2.64. The molecule has 4 rings (SSSR count). The number of halogens is 2. The second-order valence-electron chi connectivity index (χ2n) is 5.53. The molecule has 4 aromatic rings. The molecule has 2 aromatic heterocycles. The lowest BCUT2D eigenvalue weighted by atomic mass is 10.2. The number of pyridine rings is 1. The zero-order valence-corrected chi connectivity index (χ0v) is 14.0. The van der Waals surface area contributed by atoms with Crippen LogP contribution in [0.4, 0.5) is 10.1 Å². The van der Waals surface area contributed by atoms with E-state index in [1.54, 1.807) is 36.5 Å². The number of carbonyl (C=O) groups is 1. The molecule has 2 aromatic carbocycles. The molecule has 0 spiro atoms. The summed E-state index contributed by atoms with van der Waals surface area (Å²) >= 11 is 5.89. The molecule has 26 heavy (non-hydrogen) atoms. The number of oxazole rings is 1. The Morgan fingerprint density at radius 2 is 1.88 bits per heavy atom. The van der Waals surface area contributed by atoms with Crippen molar-refractivity contribution in [2.75, 3.05) is 5.32 Å². The van der Waals surface area contributed by atoms with Gasteiger partial charge >= 0.3 is 0 Å². The Hall–Kier alpha value is -3.25. The predicted molar refractivity (Wildman–Crippen MR) is 96.6 cm³/mol. The first-order valence-electron chi connectivity index (χ1n) is 7.68. The third kappa shape index (κ3) is 3.27. The van der Waals surface area contributed by atoms with Gasteiger partial charge in [-0.3, -0.25) is 4.79 Å². The summed E-state index contributed by atoms with van der Waals surface area (Å²) in [6, 6.07) is 13.9. The summed E-state index contributed by atoms with van der Waals surface area (Å²) in [5.41, 5.74) is 2.70. The third-order valence-electron chi connectivity index (χ3n) is 3.73. The van der Waals surface area contributed by atoms with Gasteiger partial charge in [0.2, 0.25) is 5.89 Å². The highest BCUT2D eigenvalue weighted by Crippen LogP contribution is 2.26. The maximum absolute atomic E-state index is 12.9. The van der Waals surface area contributed by atoms with Gasteiger partial charge in [0.1, 0.15) is 16.5 Å². The van der Waals surface area contributed by atoms with Crippen molar-refractivity contribution in [2.45, 2.75) is 0 Å². The van der Waals surface area contributed by atoms with Gasteiger partial charge in [-0.25, -0.2) is 14.4 Å². The zero-order chi connectivity index (χ0) is 18.1. The van der Waals surface area contributed by atoms with Crippen LogP contribution in [-0.2, 0) is 0 Å². The van der Waals surface area contributed by atoms with Gasteiger partial charge in [0, 0.05) is 23.0 Å². The van der Waals surface area contributed by atoms with Gasteiger partial charge in [0.15, 0.2) is 5.58 Å². The van der Waals surface area contributed by atoms with E-state index in [0.29, 0.717) is 39.0 Å². The molecule has 0 aliphatic carbocycles. The topological polar surface area (TPSA) is 68.0 Å². The fraction of sp³-hybridized carbons (Fsp3) is 0. The van der Waals surface area contributed by atoms with Crippen LogP contribution in [0.2, 0.25) is 5.15 Å². The van der Waals surface area contributed by atoms with Crippen LogP contribution in [0.25, 0.3) is 22.6 Å². The van der Waals surface area contributed by atoms with Crippen LogP contribution in [0.5, 0.6) is 0 Å².